The van der Waals surface area contributed by atoms with E-state index >= 15 is 0 Å². The SMILES string of the molecule is Cc1cc(/C=C2\C(=O)NC(=O)N(c3ccc(Br)cc3)C2=O)c(C)n1-c1ccc(C(=O)O)cc1. The average Bonchev–Trinajstić information content (AvgIpc) is 3.05. The first kappa shape index (κ1) is 22.2. The number of barbiturate groups is 1. The average molecular weight is 508 g/mol. The van der Waals surface area contributed by atoms with Crippen LogP contribution < -0.4 is 10.2 Å². The summed E-state index contributed by atoms with van der Waals surface area (Å²) in [6.45, 7) is 3.69. The first-order valence-electron chi connectivity index (χ1n) is 9.87. The van der Waals surface area contributed by atoms with Crippen molar-refractivity contribution >= 4 is 51.5 Å². The number of carboxylic acids is 1. The van der Waals surface area contributed by atoms with Gasteiger partial charge in [0.2, 0.25) is 0 Å². The Bertz CT molecular complexity index is 1340. The van der Waals surface area contributed by atoms with Crippen LogP contribution in [0.15, 0.2) is 64.6 Å². The van der Waals surface area contributed by atoms with E-state index in [1.54, 1.807) is 36.4 Å². The van der Waals surface area contributed by atoms with Crippen molar-refractivity contribution in [2.75, 3.05) is 4.90 Å². The minimum absolute atomic E-state index is 0.168. The Labute approximate surface area is 197 Å². The second-order valence-corrected chi connectivity index (χ2v) is 8.36. The number of carbonyl (C=O) groups excluding carboxylic acids is 3. The molecule has 0 radical (unpaired) electrons. The van der Waals surface area contributed by atoms with E-state index in [4.69, 9.17) is 5.11 Å². The van der Waals surface area contributed by atoms with Gasteiger partial charge in [-0.05, 0) is 80.1 Å². The third-order valence-corrected chi connectivity index (χ3v) is 5.86. The first-order chi connectivity index (χ1) is 15.7. The van der Waals surface area contributed by atoms with E-state index in [2.05, 4.69) is 21.2 Å². The van der Waals surface area contributed by atoms with Gasteiger partial charge in [-0.1, -0.05) is 15.9 Å². The van der Waals surface area contributed by atoms with E-state index in [0.717, 1.165) is 26.4 Å². The monoisotopic (exact) mass is 507 g/mol. The van der Waals surface area contributed by atoms with Crippen molar-refractivity contribution < 1.29 is 24.3 Å². The number of urea groups is 1. The fourth-order valence-electron chi connectivity index (χ4n) is 3.72. The molecule has 0 unspecified atom stereocenters. The summed E-state index contributed by atoms with van der Waals surface area (Å²) >= 11 is 3.31. The maximum absolute atomic E-state index is 13.1. The predicted molar refractivity (Wildman–Crippen MR) is 125 cm³/mol. The Morgan fingerprint density at radius 2 is 1.58 bits per heavy atom. The van der Waals surface area contributed by atoms with Crippen molar-refractivity contribution in [2.24, 2.45) is 0 Å². The number of anilines is 1. The quantitative estimate of drug-likeness (QED) is 0.405. The van der Waals surface area contributed by atoms with Gasteiger partial charge in [0.05, 0.1) is 11.3 Å². The summed E-state index contributed by atoms with van der Waals surface area (Å²) < 4.78 is 2.67. The maximum atomic E-state index is 13.1. The van der Waals surface area contributed by atoms with Gasteiger partial charge in [0, 0.05) is 21.5 Å². The fourth-order valence-corrected chi connectivity index (χ4v) is 3.99. The molecule has 2 N–H and O–H groups in total. The Morgan fingerprint density at radius 3 is 2.18 bits per heavy atom. The lowest BCUT2D eigenvalue weighted by molar-refractivity contribution is -0.122. The van der Waals surface area contributed by atoms with Gasteiger partial charge >= 0.3 is 12.0 Å². The van der Waals surface area contributed by atoms with E-state index in [-0.39, 0.29) is 11.1 Å². The molecule has 1 aliphatic heterocycles. The molecule has 4 amide bonds. The summed E-state index contributed by atoms with van der Waals surface area (Å²) in [5.74, 6) is -2.50. The molecule has 0 spiro atoms. The van der Waals surface area contributed by atoms with Crippen molar-refractivity contribution in [2.45, 2.75) is 13.8 Å². The summed E-state index contributed by atoms with van der Waals surface area (Å²) in [6.07, 6.45) is 1.46. The molecule has 2 aromatic carbocycles. The number of benzene rings is 2. The van der Waals surface area contributed by atoms with Gasteiger partial charge in [-0.2, -0.15) is 0 Å². The highest BCUT2D eigenvalue weighted by molar-refractivity contribution is 9.10. The van der Waals surface area contributed by atoms with Crippen LogP contribution in [0.2, 0.25) is 0 Å². The lowest BCUT2D eigenvalue weighted by atomic mass is 10.1. The molecule has 0 bridgehead atoms. The minimum Gasteiger partial charge on any atom is -0.478 e. The zero-order valence-corrected chi connectivity index (χ0v) is 19.2. The van der Waals surface area contributed by atoms with Crippen LogP contribution in [0.25, 0.3) is 11.8 Å². The molecule has 1 fully saturated rings. The summed E-state index contributed by atoms with van der Waals surface area (Å²) in [4.78, 5) is 50.0. The second-order valence-electron chi connectivity index (χ2n) is 7.45. The number of carbonyl (C=O) groups is 4. The molecule has 9 heteroatoms. The largest absolute Gasteiger partial charge is 0.478 e. The van der Waals surface area contributed by atoms with Gasteiger partial charge in [0.15, 0.2) is 0 Å². The Balaban J connectivity index is 1.73. The molecular weight excluding hydrogens is 490 g/mol. The lowest BCUT2D eigenvalue weighted by Gasteiger charge is -2.26. The van der Waals surface area contributed by atoms with Gasteiger partial charge in [0.25, 0.3) is 11.8 Å². The fraction of sp³-hybridized carbons (Fsp3) is 0.0833. The molecule has 33 heavy (non-hydrogen) atoms. The number of carboxylic acid groups (broad SMARTS) is 1. The second kappa shape index (κ2) is 8.51. The topological polar surface area (TPSA) is 109 Å². The van der Waals surface area contributed by atoms with E-state index in [1.165, 1.54) is 18.2 Å². The highest BCUT2D eigenvalue weighted by atomic mass is 79.9. The smallest absolute Gasteiger partial charge is 0.335 e. The number of nitrogens with one attached hydrogen (secondary N) is 1. The van der Waals surface area contributed by atoms with Crippen molar-refractivity contribution in [3.05, 3.63) is 87.2 Å². The number of aromatic carboxylic acids is 1. The predicted octanol–water partition coefficient (Wildman–Crippen LogP) is 4.22. The summed E-state index contributed by atoms with van der Waals surface area (Å²) in [7, 11) is 0. The number of amides is 4. The maximum Gasteiger partial charge on any atom is 0.335 e. The van der Waals surface area contributed by atoms with Gasteiger partial charge in [-0.3, -0.25) is 14.9 Å². The summed E-state index contributed by atoms with van der Waals surface area (Å²) in [6, 6.07) is 14.0. The Kier molecular flexibility index (Phi) is 5.73. The molecule has 2 heterocycles. The number of aromatic nitrogens is 1. The Morgan fingerprint density at radius 1 is 0.970 bits per heavy atom. The van der Waals surface area contributed by atoms with Crippen LogP contribution in [0.1, 0.15) is 27.3 Å². The minimum atomic E-state index is -1.01. The number of imide groups is 2. The van der Waals surface area contributed by atoms with Crippen LogP contribution in [0, 0.1) is 13.8 Å². The molecule has 0 saturated carbocycles. The van der Waals surface area contributed by atoms with Gasteiger partial charge in [-0.25, -0.2) is 14.5 Å². The summed E-state index contributed by atoms with van der Waals surface area (Å²) in [5, 5.41) is 11.3. The van der Waals surface area contributed by atoms with Crippen LogP contribution >= 0.6 is 15.9 Å². The summed E-state index contributed by atoms with van der Waals surface area (Å²) in [5.41, 5.74) is 3.28. The van der Waals surface area contributed by atoms with Crippen molar-refractivity contribution in [3.8, 4) is 5.69 Å². The molecule has 1 aromatic heterocycles. The number of rotatable bonds is 4. The Hall–Kier alpha value is -3.98. The molecule has 0 aliphatic carbocycles. The highest BCUT2D eigenvalue weighted by Gasteiger charge is 2.37. The van der Waals surface area contributed by atoms with E-state index < -0.39 is 23.8 Å². The molecule has 166 valence electrons. The lowest BCUT2D eigenvalue weighted by Crippen LogP contribution is -2.54. The molecule has 1 aliphatic rings. The molecule has 1 saturated heterocycles. The molecule has 3 aromatic rings. The molecule has 0 atom stereocenters. The standard InChI is InChI=1S/C24H18BrN3O5/c1-13-11-16(14(2)27(13)18-7-3-15(4-8-18)23(31)32)12-20-21(29)26-24(33)28(22(20)30)19-9-5-17(25)6-10-19/h3-12H,1-2H3,(H,31,32)(H,26,29,33)/b20-12+. The number of hydrogen-bond donors (Lipinski definition) is 2. The van der Waals surface area contributed by atoms with Crippen LogP contribution in [0.4, 0.5) is 10.5 Å². The number of aryl methyl sites for hydroxylation is 1. The molecular formula is C24H18BrN3O5. The van der Waals surface area contributed by atoms with Crippen molar-refractivity contribution in [1.29, 1.82) is 0 Å². The van der Waals surface area contributed by atoms with E-state index in [0.29, 0.717) is 11.3 Å². The van der Waals surface area contributed by atoms with Crippen LogP contribution in [0.3, 0.4) is 0 Å². The first-order valence-corrected chi connectivity index (χ1v) is 10.7. The molecule has 8 nitrogen and oxygen atoms in total. The van der Waals surface area contributed by atoms with Crippen molar-refractivity contribution in [3.63, 3.8) is 0 Å². The third kappa shape index (κ3) is 4.10. The van der Waals surface area contributed by atoms with Gasteiger partial charge in [0.1, 0.15) is 5.57 Å². The van der Waals surface area contributed by atoms with Gasteiger partial charge < -0.3 is 9.67 Å². The third-order valence-electron chi connectivity index (χ3n) is 5.33. The van der Waals surface area contributed by atoms with Gasteiger partial charge in [-0.15, -0.1) is 0 Å². The molecule has 4 rings (SSSR count). The number of hydrogen-bond acceptors (Lipinski definition) is 4. The normalized spacial score (nSPS) is 15.2. The van der Waals surface area contributed by atoms with Crippen molar-refractivity contribution in [1.82, 2.24) is 9.88 Å². The highest BCUT2D eigenvalue weighted by Crippen LogP contribution is 2.27. The zero-order chi connectivity index (χ0) is 23.9. The van der Waals surface area contributed by atoms with E-state index in [9.17, 15) is 19.2 Å². The zero-order valence-electron chi connectivity index (χ0n) is 17.6. The van der Waals surface area contributed by atoms with Crippen LogP contribution in [0.5, 0.6) is 0 Å². The van der Waals surface area contributed by atoms with Crippen LogP contribution in [-0.4, -0.2) is 33.5 Å². The van der Waals surface area contributed by atoms with E-state index in [1.807, 2.05) is 24.5 Å². The number of nitrogens with zero attached hydrogens (tertiary/aromatic N) is 2. The van der Waals surface area contributed by atoms with Crippen LogP contribution in [-0.2, 0) is 9.59 Å². The number of halogens is 1.